The zero-order chi connectivity index (χ0) is 14.7. The van der Waals surface area contributed by atoms with Crippen molar-refractivity contribution in [2.24, 2.45) is 10.2 Å². The molecule has 7 nitrogen and oxygen atoms in total. The average Bonchev–Trinajstić information content (AvgIpc) is 2.56. The Morgan fingerprint density at radius 2 is 2.10 bits per heavy atom. The van der Waals surface area contributed by atoms with Crippen LogP contribution in [-0.2, 0) is 4.74 Å². The minimum absolute atomic E-state index is 0.0724. The van der Waals surface area contributed by atoms with Crippen LogP contribution in [0, 0.1) is 10.1 Å². The van der Waals surface area contributed by atoms with Gasteiger partial charge in [0.15, 0.2) is 5.17 Å². The lowest BCUT2D eigenvalue weighted by Crippen LogP contribution is -2.40. The van der Waals surface area contributed by atoms with Gasteiger partial charge >= 0.3 is 0 Å². The summed E-state index contributed by atoms with van der Waals surface area (Å²) in [6, 6.07) is 6.50. The second-order valence-electron chi connectivity index (χ2n) is 4.62. The van der Waals surface area contributed by atoms with Crippen LogP contribution in [0.25, 0.3) is 0 Å². The van der Waals surface area contributed by atoms with Crippen molar-refractivity contribution in [2.75, 3.05) is 32.1 Å². The average molecular weight is 306 g/mol. The Kier molecular flexibility index (Phi) is 4.16. The number of morpholine rings is 1. The Hall–Kier alpha value is -1.93. The molecule has 0 aliphatic carbocycles. The Labute approximate surface area is 125 Å². The van der Waals surface area contributed by atoms with E-state index in [-0.39, 0.29) is 5.69 Å². The molecule has 0 radical (unpaired) electrons. The molecule has 0 aromatic heterocycles. The molecule has 2 heterocycles. The Bertz CT molecular complexity index is 611. The molecule has 0 N–H and O–H groups in total. The number of nitro groups is 1. The number of amidine groups is 1. The van der Waals surface area contributed by atoms with E-state index >= 15 is 0 Å². The maximum Gasteiger partial charge on any atom is 0.270 e. The van der Waals surface area contributed by atoms with Gasteiger partial charge in [-0.15, -0.1) is 5.10 Å². The summed E-state index contributed by atoms with van der Waals surface area (Å²) in [7, 11) is 0. The molecule has 0 unspecified atom stereocenters. The predicted octanol–water partition coefficient (Wildman–Crippen LogP) is 1.73. The zero-order valence-electron chi connectivity index (χ0n) is 11.3. The van der Waals surface area contributed by atoms with Crippen molar-refractivity contribution in [2.45, 2.75) is 0 Å². The van der Waals surface area contributed by atoms with Crippen molar-refractivity contribution < 1.29 is 9.66 Å². The fraction of sp³-hybridized carbons (Fsp3) is 0.385. The molecular formula is C13H14N4O3S. The monoisotopic (exact) mass is 306 g/mol. The molecule has 1 saturated heterocycles. The van der Waals surface area contributed by atoms with Crippen molar-refractivity contribution in [3.63, 3.8) is 0 Å². The van der Waals surface area contributed by atoms with Gasteiger partial charge in [-0.3, -0.25) is 10.1 Å². The smallest absolute Gasteiger partial charge is 0.270 e. The highest BCUT2D eigenvalue weighted by atomic mass is 32.2. The molecule has 1 aromatic rings. The molecule has 21 heavy (non-hydrogen) atoms. The second-order valence-corrected chi connectivity index (χ2v) is 5.57. The SMILES string of the molecule is O=[N+]([O-])c1cccc(C2=NN=C(N3CCOCC3)SC2)c1. The Balaban J connectivity index is 1.78. The normalized spacial score (nSPS) is 19.0. The van der Waals surface area contributed by atoms with Gasteiger partial charge in [-0.1, -0.05) is 23.9 Å². The van der Waals surface area contributed by atoms with Crippen molar-refractivity contribution >= 4 is 28.3 Å². The molecule has 2 aliphatic heterocycles. The predicted molar refractivity (Wildman–Crippen MR) is 81.9 cm³/mol. The number of hydrogen-bond acceptors (Lipinski definition) is 7. The first-order valence-corrected chi connectivity index (χ1v) is 7.57. The molecule has 2 aliphatic rings. The third-order valence-corrected chi connectivity index (χ3v) is 4.28. The minimum atomic E-state index is -0.400. The second kappa shape index (κ2) is 6.23. The standard InChI is InChI=1S/C13H14N4O3S/c18-17(19)11-3-1-2-10(8-11)12-9-21-13(15-14-12)16-4-6-20-7-5-16/h1-3,8H,4-7,9H2. The molecule has 3 rings (SSSR count). The highest BCUT2D eigenvalue weighted by molar-refractivity contribution is 8.14. The summed E-state index contributed by atoms with van der Waals surface area (Å²) in [4.78, 5) is 12.6. The summed E-state index contributed by atoms with van der Waals surface area (Å²) in [5.41, 5.74) is 1.59. The van der Waals surface area contributed by atoms with Gasteiger partial charge in [0, 0.05) is 36.5 Å². The molecule has 110 valence electrons. The quantitative estimate of drug-likeness (QED) is 0.614. The van der Waals surface area contributed by atoms with Gasteiger partial charge in [-0.25, -0.2) is 0 Å². The first-order chi connectivity index (χ1) is 10.2. The van der Waals surface area contributed by atoms with E-state index in [0.29, 0.717) is 19.0 Å². The van der Waals surface area contributed by atoms with E-state index in [4.69, 9.17) is 4.74 Å². The largest absolute Gasteiger partial charge is 0.378 e. The maximum absolute atomic E-state index is 10.8. The number of nitro benzene ring substituents is 1. The van der Waals surface area contributed by atoms with E-state index in [2.05, 4.69) is 15.1 Å². The number of hydrogen-bond donors (Lipinski definition) is 0. The summed E-state index contributed by atoms with van der Waals surface area (Å²) in [5.74, 6) is 0.664. The van der Waals surface area contributed by atoms with Crippen molar-refractivity contribution in [3.05, 3.63) is 39.9 Å². The third kappa shape index (κ3) is 3.22. The van der Waals surface area contributed by atoms with E-state index in [1.807, 2.05) is 6.07 Å². The van der Waals surface area contributed by atoms with Crippen LogP contribution in [0.5, 0.6) is 0 Å². The lowest BCUT2D eigenvalue weighted by atomic mass is 10.1. The fourth-order valence-corrected chi connectivity index (χ4v) is 3.10. The van der Waals surface area contributed by atoms with E-state index in [0.717, 1.165) is 29.5 Å². The summed E-state index contributed by atoms with van der Waals surface area (Å²) in [6.07, 6.45) is 0. The molecule has 0 spiro atoms. The van der Waals surface area contributed by atoms with Crippen LogP contribution < -0.4 is 0 Å². The molecule has 1 fully saturated rings. The number of thioether (sulfide) groups is 1. The Morgan fingerprint density at radius 1 is 1.29 bits per heavy atom. The van der Waals surface area contributed by atoms with Gasteiger partial charge in [0.05, 0.1) is 23.8 Å². The van der Waals surface area contributed by atoms with Gasteiger partial charge in [-0.05, 0) is 0 Å². The summed E-state index contributed by atoms with van der Waals surface area (Å²) in [5, 5.41) is 20.2. The van der Waals surface area contributed by atoms with Gasteiger partial charge in [0.25, 0.3) is 5.69 Å². The van der Waals surface area contributed by atoms with E-state index < -0.39 is 4.92 Å². The topological polar surface area (TPSA) is 80.3 Å². The van der Waals surface area contributed by atoms with E-state index in [1.165, 1.54) is 12.1 Å². The van der Waals surface area contributed by atoms with E-state index in [9.17, 15) is 10.1 Å². The highest BCUT2D eigenvalue weighted by Gasteiger charge is 2.20. The summed E-state index contributed by atoms with van der Waals surface area (Å²) in [6.45, 7) is 3.07. The zero-order valence-corrected chi connectivity index (χ0v) is 12.1. The molecule has 0 bridgehead atoms. The Morgan fingerprint density at radius 3 is 2.76 bits per heavy atom. The van der Waals surface area contributed by atoms with Crippen LogP contribution in [0.1, 0.15) is 5.56 Å². The van der Waals surface area contributed by atoms with Crippen LogP contribution in [-0.4, -0.2) is 52.8 Å². The lowest BCUT2D eigenvalue weighted by molar-refractivity contribution is -0.384. The number of non-ortho nitro benzene ring substituents is 1. The van der Waals surface area contributed by atoms with Crippen molar-refractivity contribution in [1.82, 2.24) is 4.90 Å². The van der Waals surface area contributed by atoms with Gasteiger partial charge in [0.1, 0.15) is 0 Å². The molecule has 8 heteroatoms. The van der Waals surface area contributed by atoms with Crippen LogP contribution in [0.15, 0.2) is 34.5 Å². The first-order valence-electron chi connectivity index (χ1n) is 6.59. The number of nitrogens with zero attached hydrogens (tertiary/aromatic N) is 4. The van der Waals surface area contributed by atoms with E-state index in [1.54, 1.807) is 17.8 Å². The maximum atomic E-state index is 10.8. The molecule has 0 atom stereocenters. The molecule has 0 amide bonds. The number of ether oxygens (including phenoxy) is 1. The third-order valence-electron chi connectivity index (χ3n) is 3.27. The van der Waals surface area contributed by atoms with Crippen LogP contribution in [0.4, 0.5) is 5.69 Å². The van der Waals surface area contributed by atoms with Gasteiger partial charge in [0.2, 0.25) is 0 Å². The van der Waals surface area contributed by atoms with Crippen LogP contribution >= 0.6 is 11.8 Å². The van der Waals surface area contributed by atoms with Crippen LogP contribution in [0.2, 0.25) is 0 Å². The molecular weight excluding hydrogens is 292 g/mol. The first kappa shape index (κ1) is 14.0. The van der Waals surface area contributed by atoms with Gasteiger partial charge < -0.3 is 9.64 Å². The summed E-state index contributed by atoms with van der Waals surface area (Å²) < 4.78 is 5.31. The lowest BCUT2D eigenvalue weighted by Gasteiger charge is -2.29. The number of benzene rings is 1. The number of rotatable bonds is 2. The molecule has 0 saturated carbocycles. The van der Waals surface area contributed by atoms with Crippen LogP contribution in [0.3, 0.4) is 0 Å². The molecule has 1 aromatic carbocycles. The summed E-state index contributed by atoms with van der Waals surface area (Å²) >= 11 is 1.61. The van der Waals surface area contributed by atoms with Gasteiger partial charge in [-0.2, -0.15) is 5.10 Å². The minimum Gasteiger partial charge on any atom is -0.378 e. The van der Waals surface area contributed by atoms with Crippen molar-refractivity contribution in [1.29, 1.82) is 0 Å². The van der Waals surface area contributed by atoms with Crippen molar-refractivity contribution in [3.8, 4) is 0 Å². The fourth-order valence-electron chi connectivity index (χ4n) is 2.14. The highest BCUT2D eigenvalue weighted by Crippen LogP contribution is 2.21.